The highest BCUT2D eigenvalue weighted by Gasteiger charge is 2.14. The maximum Gasteiger partial charge on any atom is 0.258 e. The molecule has 2 aromatic heterocycles. The van der Waals surface area contributed by atoms with Gasteiger partial charge in [0, 0.05) is 18.3 Å². The summed E-state index contributed by atoms with van der Waals surface area (Å²) in [6, 6.07) is 9.28. The summed E-state index contributed by atoms with van der Waals surface area (Å²) in [5.74, 6) is 1.30. The van der Waals surface area contributed by atoms with E-state index in [1.165, 1.54) is 0 Å². The number of carbonyl (C=O) groups excluding carboxylic acids is 1. The molecule has 2 N–H and O–H groups in total. The van der Waals surface area contributed by atoms with Crippen molar-refractivity contribution in [2.45, 2.75) is 44.1 Å². The maximum atomic E-state index is 12.1. The van der Waals surface area contributed by atoms with E-state index in [0.29, 0.717) is 24.1 Å². The number of amides is 1. The summed E-state index contributed by atoms with van der Waals surface area (Å²) in [4.78, 5) is 21.4. The van der Waals surface area contributed by atoms with Crippen molar-refractivity contribution in [2.75, 3.05) is 25.0 Å². The van der Waals surface area contributed by atoms with E-state index in [4.69, 9.17) is 9.72 Å². The van der Waals surface area contributed by atoms with Gasteiger partial charge < -0.3 is 15.4 Å². The lowest BCUT2D eigenvalue weighted by molar-refractivity contribution is -0.123. The van der Waals surface area contributed by atoms with Crippen molar-refractivity contribution in [3.8, 4) is 5.75 Å². The number of thioether (sulfide) groups is 1. The third-order valence-corrected chi connectivity index (χ3v) is 4.98. The Labute approximate surface area is 180 Å². The molecule has 0 saturated carbocycles. The third-order valence-electron chi connectivity index (χ3n) is 4.12. The molecule has 0 saturated heterocycles. The number of rotatable bonds is 11. The van der Waals surface area contributed by atoms with E-state index < -0.39 is 0 Å². The maximum absolute atomic E-state index is 12.1. The number of aromatic nitrogens is 4. The first-order valence-corrected chi connectivity index (χ1v) is 11.0. The fraction of sp³-hybridized carbons (Fsp3) is 0.429. The van der Waals surface area contributed by atoms with Gasteiger partial charge in [-0.2, -0.15) is 5.10 Å². The Bertz CT molecular complexity index is 961. The number of benzene rings is 1. The summed E-state index contributed by atoms with van der Waals surface area (Å²) in [7, 11) is 0. The van der Waals surface area contributed by atoms with Crippen molar-refractivity contribution in [2.24, 2.45) is 0 Å². The van der Waals surface area contributed by atoms with Crippen molar-refractivity contribution >= 4 is 34.5 Å². The van der Waals surface area contributed by atoms with Crippen molar-refractivity contribution < 1.29 is 9.53 Å². The molecule has 0 atom stereocenters. The van der Waals surface area contributed by atoms with Crippen LogP contribution in [0, 0.1) is 0 Å². The normalized spacial score (nSPS) is 11.1. The largest absolute Gasteiger partial charge is 0.484 e. The number of fused-ring (bicyclic) bond motifs is 1. The lowest BCUT2D eigenvalue weighted by atomic mass is 10.3. The minimum Gasteiger partial charge on any atom is -0.484 e. The van der Waals surface area contributed by atoms with E-state index in [-0.39, 0.29) is 12.5 Å². The molecule has 0 fully saturated rings. The van der Waals surface area contributed by atoms with E-state index in [2.05, 4.69) is 41.5 Å². The van der Waals surface area contributed by atoms with Crippen molar-refractivity contribution in [1.29, 1.82) is 0 Å². The molecular weight excluding hydrogens is 400 g/mol. The second-order valence-corrected chi connectivity index (χ2v) is 8.55. The number of hydrogen-bond acceptors (Lipinski definition) is 7. The van der Waals surface area contributed by atoms with Crippen LogP contribution in [0.3, 0.4) is 0 Å². The van der Waals surface area contributed by atoms with Gasteiger partial charge in [-0.25, -0.2) is 14.6 Å². The summed E-state index contributed by atoms with van der Waals surface area (Å²) >= 11 is 1.62. The highest BCUT2D eigenvalue weighted by molar-refractivity contribution is 7.99. The van der Waals surface area contributed by atoms with Crippen molar-refractivity contribution in [3.05, 3.63) is 36.5 Å². The van der Waals surface area contributed by atoms with Gasteiger partial charge in [-0.05, 0) is 18.6 Å². The van der Waals surface area contributed by atoms with Gasteiger partial charge in [0.25, 0.3) is 5.91 Å². The molecule has 9 heteroatoms. The van der Waals surface area contributed by atoms with Crippen LogP contribution in [-0.2, 0) is 11.3 Å². The molecule has 8 nitrogen and oxygen atoms in total. The number of nitrogens with zero attached hydrogens (tertiary/aromatic N) is 4. The lowest BCUT2D eigenvalue weighted by Gasteiger charge is -2.10. The van der Waals surface area contributed by atoms with Crippen LogP contribution in [0.1, 0.15) is 27.2 Å². The van der Waals surface area contributed by atoms with Gasteiger partial charge in [0.15, 0.2) is 17.4 Å². The quantitative estimate of drug-likeness (QED) is 0.357. The van der Waals surface area contributed by atoms with E-state index in [9.17, 15) is 4.79 Å². The fourth-order valence-electron chi connectivity index (χ4n) is 2.76. The van der Waals surface area contributed by atoms with E-state index in [1.54, 1.807) is 22.6 Å². The second-order valence-electron chi connectivity index (χ2n) is 7.00. The zero-order valence-electron chi connectivity index (χ0n) is 17.6. The van der Waals surface area contributed by atoms with Gasteiger partial charge in [-0.15, -0.1) is 0 Å². The molecule has 160 valence electrons. The van der Waals surface area contributed by atoms with Gasteiger partial charge >= 0.3 is 0 Å². The van der Waals surface area contributed by atoms with Gasteiger partial charge in [-0.1, -0.05) is 50.7 Å². The molecule has 1 aromatic carbocycles. The van der Waals surface area contributed by atoms with Gasteiger partial charge in [-0.3, -0.25) is 4.79 Å². The average Bonchev–Trinajstić information content (AvgIpc) is 3.14. The zero-order chi connectivity index (χ0) is 21.3. The van der Waals surface area contributed by atoms with Crippen LogP contribution in [0.4, 0.5) is 5.82 Å². The molecule has 3 aromatic rings. The van der Waals surface area contributed by atoms with Crippen LogP contribution in [0.5, 0.6) is 5.75 Å². The lowest BCUT2D eigenvalue weighted by Crippen LogP contribution is -2.31. The number of anilines is 1. The first-order valence-electron chi connectivity index (χ1n) is 10.2. The molecule has 0 aliphatic carbocycles. The Morgan fingerprint density at radius 2 is 2.00 bits per heavy atom. The van der Waals surface area contributed by atoms with Crippen molar-refractivity contribution in [3.63, 3.8) is 0 Å². The average molecular weight is 429 g/mol. The summed E-state index contributed by atoms with van der Waals surface area (Å²) < 4.78 is 7.27. The third kappa shape index (κ3) is 6.09. The number of para-hydroxylation sites is 1. The van der Waals surface area contributed by atoms with Crippen LogP contribution in [0.15, 0.2) is 41.7 Å². The van der Waals surface area contributed by atoms with E-state index in [1.807, 2.05) is 30.3 Å². The van der Waals surface area contributed by atoms with Crippen LogP contribution >= 0.6 is 11.8 Å². The van der Waals surface area contributed by atoms with Crippen LogP contribution in [0.2, 0.25) is 0 Å². The monoisotopic (exact) mass is 428 g/mol. The number of hydrogen-bond donors (Lipinski definition) is 2. The van der Waals surface area contributed by atoms with Crippen LogP contribution < -0.4 is 15.4 Å². The number of nitrogens with one attached hydrogen (secondary N) is 2. The van der Waals surface area contributed by atoms with Crippen LogP contribution in [0.25, 0.3) is 11.0 Å². The molecule has 1 amide bonds. The summed E-state index contributed by atoms with van der Waals surface area (Å²) in [6.45, 7) is 8.10. The standard InChI is InChI=1S/C21H28N6O2S/c1-4-10-23-19-17-13-24-27(20(17)26-21(25-19)30-15(2)3)12-11-22-18(28)14-29-16-8-6-5-7-9-16/h5-9,13,15H,4,10-12,14H2,1-3H3,(H,22,28)(H,23,25,26). The molecule has 0 aliphatic rings. The summed E-state index contributed by atoms with van der Waals surface area (Å²) in [5.41, 5.74) is 0.765. The minimum absolute atomic E-state index is 0.0215. The van der Waals surface area contributed by atoms with Gasteiger partial charge in [0.2, 0.25) is 0 Å². The molecular formula is C21H28N6O2S. The summed E-state index contributed by atoms with van der Waals surface area (Å²) in [5, 5.41) is 12.7. The Kier molecular flexibility index (Phi) is 7.89. The van der Waals surface area contributed by atoms with Crippen LogP contribution in [-0.4, -0.2) is 50.6 Å². The molecule has 2 heterocycles. The highest BCUT2D eigenvalue weighted by Crippen LogP contribution is 2.26. The van der Waals surface area contributed by atoms with E-state index >= 15 is 0 Å². The van der Waals surface area contributed by atoms with Crippen molar-refractivity contribution in [1.82, 2.24) is 25.1 Å². The predicted octanol–water partition coefficient (Wildman–Crippen LogP) is 3.34. The Balaban J connectivity index is 1.63. The number of ether oxygens (including phenoxy) is 1. The number of carbonyl (C=O) groups is 1. The summed E-state index contributed by atoms with van der Waals surface area (Å²) in [6.07, 6.45) is 2.78. The molecule has 0 radical (unpaired) electrons. The molecule has 0 aliphatic heterocycles. The topological polar surface area (TPSA) is 94.0 Å². The van der Waals surface area contributed by atoms with E-state index in [0.717, 1.165) is 35.0 Å². The molecule has 30 heavy (non-hydrogen) atoms. The zero-order valence-corrected chi connectivity index (χ0v) is 18.4. The molecule has 0 bridgehead atoms. The Morgan fingerprint density at radius 3 is 2.73 bits per heavy atom. The minimum atomic E-state index is -0.175. The van der Waals surface area contributed by atoms with Gasteiger partial charge in [0.05, 0.1) is 18.1 Å². The smallest absolute Gasteiger partial charge is 0.258 e. The highest BCUT2D eigenvalue weighted by atomic mass is 32.2. The molecule has 0 unspecified atom stereocenters. The molecule has 0 spiro atoms. The predicted molar refractivity (Wildman–Crippen MR) is 120 cm³/mol. The first-order chi connectivity index (χ1) is 14.6. The SMILES string of the molecule is CCCNc1nc(SC(C)C)nc2c1cnn2CCNC(=O)COc1ccccc1. The van der Waals surface area contributed by atoms with Gasteiger partial charge in [0.1, 0.15) is 11.6 Å². The Morgan fingerprint density at radius 1 is 1.20 bits per heavy atom. The Hall–Kier alpha value is -2.81. The molecule has 3 rings (SSSR count). The first kappa shape index (κ1) is 21.9. The fourth-order valence-corrected chi connectivity index (χ4v) is 3.46. The second kappa shape index (κ2) is 10.8.